The lowest BCUT2D eigenvalue weighted by Gasteiger charge is -2.24. The number of carbonyl (C=O) groups is 1. The molecule has 0 spiro atoms. The molecule has 0 saturated heterocycles. The van der Waals surface area contributed by atoms with Crippen molar-refractivity contribution in [3.63, 3.8) is 0 Å². The van der Waals surface area contributed by atoms with Crippen molar-refractivity contribution in [3.8, 4) is 0 Å². The van der Waals surface area contributed by atoms with E-state index in [1.807, 2.05) is 27.3 Å². The highest BCUT2D eigenvalue weighted by atomic mass is 32.2. The zero-order chi connectivity index (χ0) is 11.7. The highest BCUT2D eigenvalue weighted by molar-refractivity contribution is 7.95. The molecule has 0 aromatic heterocycles. The van der Waals surface area contributed by atoms with Crippen LogP contribution in [0.2, 0.25) is 12.6 Å². The first-order valence-electron chi connectivity index (χ1n) is 5.18. The van der Waals surface area contributed by atoms with Gasteiger partial charge in [-0.25, -0.2) is 0 Å². The Morgan fingerprint density at radius 1 is 1.20 bits per heavy atom. The van der Waals surface area contributed by atoms with Crippen LogP contribution in [0.5, 0.6) is 0 Å². The maximum absolute atomic E-state index is 11.4. The Labute approximate surface area is 97.1 Å². The van der Waals surface area contributed by atoms with Crippen molar-refractivity contribution in [3.05, 3.63) is 0 Å². The van der Waals surface area contributed by atoms with Crippen LogP contribution in [0.25, 0.3) is 0 Å². The largest absolute Gasteiger partial charge is 0.394 e. The van der Waals surface area contributed by atoms with Crippen molar-refractivity contribution in [1.29, 1.82) is 0 Å². The monoisotopic (exact) mass is 252 g/mol. The van der Waals surface area contributed by atoms with E-state index in [4.69, 9.17) is 13.0 Å². The quantitative estimate of drug-likeness (QED) is 0.490. The van der Waals surface area contributed by atoms with Crippen LogP contribution in [0.3, 0.4) is 0 Å². The van der Waals surface area contributed by atoms with Gasteiger partial charge in [-0.2, -0.15) is 0 Å². The lowest BCUT2D eigenvalue weighted by molar-refractivity contribution is -0.131. The van der Waals surface area contributed by atoms with Crippen LogP contribution in [-0.2, 0) is 17.8 Å². The first kappa shape index (κ1) is 15.0. The van der Waals surface area contributed by atoms with Crippen molar-refractivity contribution in [2.45, 2.75) is 33.4 Å². The summed E-state index contributed by atoms with van der Waals surface area (Å²) in [5, 5.41) is 0. The van der Waals surface area contributed by atoms with E-state index in [0.717, 1.165) is 17.8 Å². The van der Waals surface area contributed by atoms with Crippen LogP contribution in [0.15, 0.2) is 0 Å². The highest BCUT2D eigenvalue weighted by Crippen LogP contribution is 2.16. The van der Waals surface area contributed by atoms with Gasteiger partial charge in [0.25, 0.3) is 0 Å². The van der Waals surface area contributed by atoms with Crippen molar-refractivity contribution in [2.24, 2.45) is 0 Å². The third kappa shape index (κ3) is 6.94. The third-order valence-electron chi connectivity index (χ3n) is 1.63. The van der Waals surface area contributed by atoms with Crippen molar-refractivity contribution in [1.82, 2.24) is 0 Å². The van der Waals surface area contributed by atoms with Crippen LogP contribution >= 0.6 is 12.0 Å². The molecule has 0 aliphatic carbocycles. The van der Waals surface area contributed by atoms with E-state index in [2.05, 4.69) is 0 Å². The molecule has 0 unspecified atom stereocenters. The Hall–Kier alpha value is -0.0431. The molecule has 0 heterocycles. The Kier molecular flexibility index (Phi) is 8.13. The average molecular weight is 252 g/mol. The molecule has 4 nitrogen and oxygen atoms in total. The van der Waals surface area contributed by atoms with Crippen LogP contribution in [0, 0.1) is 0 Å². The summed E-state index contributed by atoms with van der Waals surface area (Å²) in [6.45, 7) is 8.75. The summed E-state index contributed by atoms with van der Waals surface area (Å²) >= 11 is 1.15. The first-order valence-corrected chi connectivity index (χ1v) is 8.61. The summed E-state index contributed by atoms with van der Waals surface area (Å²) in [6, 6.07) is 0.252. The molecule has 0 aromatic rings. The Balaban J connectivity index is 4.08. The van der Waals surface area contributed by atoms with Gasteiger partial charge in [0, 0.05) is 19.0 Å². The van der Waals surface area contributed by atoms with Crippen LogP contribution in [0.4, 0.5) is 0 Å². The average Bonchev–Trinajstić information content (AvgIpc) is 2.15. The van der Waals surface area contributed by atoms with E-state index < -0.39 is 8.56 Å². The van der Waals surface area contributed by atoms with Gasteiger partial charge in [0.2, 0.25) is 0 Å². The summed E-state index contributed by atoms with van der Waals surface area (Å²) in [5.74, 6) is 0.505. The molecule has 0 bridgehead atoms. The Morgan fingerprint density at radius 2 is 1.73 bits per heavy atom. The SMILES string of the molecule is CCO[Si](C)(CC(=O)OSCC)OCC. The Bertz CT molecular complexity index is 183. The van der Waals surface area contributed by atoms with Gasteiger partial charge in [0.15, 0.2) is 0 Å². The fourth-order valence-corrected chi connectivity index (χ4v) is 3.69. The maximum atomic E-state index is 11.4. The molecule has 0 amide bonds. The second-order valence-corrected chi connectivity index (χ2v) is 7.22. The minimum atomic E-state index is -2.35. The summed E-state index contributed by atoms with van der Waals surface area (Å²) in [6.07, 6.45) is 0. The van der Waals surface area contributed by atoms with Crippen molar-refractivity contribution >= 4 is 26.6 Å². The summed E-state index contributed by atoms with van der Waals surface area (Å²) in [5.41, 5.74) is 0. The minimum absolute atomic E-state index is 0.252. The molecule has 0 radical (unpaired) electrons. The normalized spacial score (nSPS) is 11.5. The van der Waals surface area contributed by atoms with E-state index in [9.17, 15) is 4.79 Å². The molecular formula is C9H20O4SSi. The van der Waals surface area contributed by atoms with Gasteiger partial charge in [0.05, 0.1) is 18.1 Å². The molecular weight excluding hydrogens is 232 g/mol. The molecule has 0 fully saturated rings. The lowest BCUT2D eigenvalue weighted by Crippen LogP contribution is -2.41. The molecule has 0 atom stereocenters. The van der Waals surface area contributed by atoms with Crippen LogP contribution < -0.4 is 0 Å². The van der Waals surface area contributed by atoms with Gasteiger partial charge in [-0.3, -0.25) is 4.79 Å². The summed E-state index contributed by atoms with van der Waals surface area (Å²) in [7, 11) is -2.35. The summed E-state index contributed by atoms with van der Waals surface area (Å²) < 4.78 is 16.0. The Morgan fingerprint density at radius 3 is 2.13 bits per heavy atom. The molecule has 15 heavy (non-hydrogen) atoms. The smallest absolute Gasteiger partial charge is 0.346 e. The molecule has 0 aliphatic rings. The molecule has 90 valence electrons. The second-order valence-electron chi connectivity index (χ2n) is 3.04. The van der Waals surface area contributed by atoms with Crippen molar-refractivity contribution < 1.29 is 17.8 Å². The van der Waals surface area contributed by atoms with Gasteiger partial charge in [-0.05, 0) is 20.4 Å². The molecule has 0 aliphatic heterocycles. The zero-order valence-corrected chi connectivity index (χ0v) is 11.7. The van der Waals surface area contributed by atoms with E-state index >= 15 is 0 Å². The zero-order valence-electron chi connectivity index (χ0n) is 9.87. The van der Waals surface area contributed by atoms with Gasteiger partial charge >= 0.3 is 14.5 Å². The van der Waals surface area contributed by atoms with Gasteiger partial charge < -0.3 is 13.0 Å². The minimum Gasteiger partial charge on any atom is -0.394 e. The molecule has 0 N–H and O–H groups in total. The number of hydrogen-bond donors (Lipinski definition) is 0. The van der Waals surface area contributed by atoms with E-state index in [1.165, 1.54) is 0 Å². The van der Waals surface area contributed by atoms with Crippen LogP contribution in [-0.4, -0.2) is 33.5 Å². The lowest BCUT2D eigenvalue weighted by atomic mass is 10.8. The molecule has 0 aromatic carbocycles. The maximum Gasteiger partial charge on any atom is 0.346 e. The van der Waals surface area contributed by atoms with Gasteiger partial charge in [0.1, 0.15) is 0 Å². The summed E-state index contributed by atoms with van der Waals surface area (Å²) in [4.78, 5) is 11.4. The predicted octanol–water partition coefficient (Wildman–Crippen LogP) is 2.34. The van der Waals surface area contributed by atoms with Gasteiger partial charge in [-0.1, -0.05) is 6.92 Å². The standard InChI is InChI=1S/C9H20O4SSi/c1-5-11-15(4,12-6-2)8-9(10)13-14-7-3/h5-8H2,1-4H3. The number of carbonyl (C=O) groups excluding carboxylic acids is 1. The second kappa shape index (κ2) is 8.15. The molecule has 0 rings (SSSR count). The van der Waals surface area contributed by atoms with Crippen molar-refractivity contribution in [2.75, 3.05) is 19.0 Å². The fraction of sp³-hybridized carbons (Fsp3) is 0.889. The molecule has 0 saturated carbocycles. The molecule has 6 heteroatoms. The van der Waals surface area contributed by atoms with Crippen LogP contribution in [0.1, 0.15) is 20.8 Å². The first-order chi connectivity index (χ1) is 7.08. The fourth-order valence-electron chi connectivity index (χ4n) is 1.17. The van der Waals surface area contributed by atoms with E-state index in [1.54, 1.807) is 0 Å². The van der Waals surface area contributed by atoms with Gasteiger partial charge in [-0.15, -0.1) is 0 Å². The predicted molar refractivity (Wildman–Crippen MR) is 63.9 cm³/mol. The number of rotatable bonds is 8. The van der Waals surface area contributed by atoms with E-state index in [-0.39, 0.29) is 12.0 Å². The third-order valence-corrected chi connectivity index (χ3v) is 4.90. The number of hydrogen-bond acceptors (Lipinski definition) is 5. The topological polar surface area (TPSA) is 44.8 Å². The highest BCUT2D eigenvalue weighted by Gasteiger charge is 2.34. The van der Waals surface area contributed by atoms with E-state index in [0.29, 0.717) is 13.2 Å².